The molecule has 1 aromatic carbocycles. The molecule has 5 nitrogen and oxygen atoms in total. The van der Waals surface area contributed by atoms with Gasteiger partial charge < -0.3 is 20.7 Å². The Labute approximate surface area is 101 Å². The van der Waals surface area contributed by atoms with Crippen LogP contribution in [0.25, 0.3) is 0 Å². The average Bonchev–Trinajstić information content (AvgIpc) is 2.28. The number of ether oxygens (including phenoxy) is 1. The lowest BCUT2D eigenvalue weighted by Crippen LogP contribution is -2.53. The van der Waals surface area contributed by atoms with Gasteiger partial charge in [0.25, 0.3) is 0 Å². The van der Waals surface area contributed by atoms with Gasteiger partial charge in [-0.25, -0.2) is 4.79 Å². The zero-order chi connectivity index (χ0) is 12.3. The van der Waals surface area contributed by atoms with E-state index in [2.05, 4.69) is 5.32 Å². The summed E-state index contributed by atoms with van der Waals surface area (Å²) in [6.07, 6.45) is 0. The Morgan fingerprint density at radius 2 is 2.12 bits per heavy atom. The summed E-state index contributed by atoms with van der Waals surface area (Å²) in [5.41, 5.74) is 6.28. The summed E-state index contributed by atoms with van der Waals surface area (Å²) >= 11 is 0. The smallest absolute Gasteiger partial charge is 0.321 e. The molecule has 2 amide bonds. The highest BCUT2D eigenvalue weighted by molar-refractivity contribution is 5.89. The number of nitrogens with one attached hydrogen (secondary N) is 1. The lowest BCUT2D eigenvalue weighted by molar-refractivity contribution is 0.135. The second-order valence-corrected chi connectivity index (χ2v) is 4.17. The van der Waals surface area contributed by atoms with Crippen molar-refractivity contribution in [2.24, 2.45) is 11.7 Å². The number of hydrogen-bond donors (Lipinski definition) is 2. The molecule has 1 saturated heterocycles. The molecule has 17 heavy (non-hydrogen) atoms. The van der Waals surface area contributed by atoms with Gasteiger partial charge >= 0.3 is 6.03 Å². The van der Waals surface area contributed by atoms with E-state index >= 15 is 0 Å². The number of nitrogens with zero attached hydrogens (tertiary/aromatic N) is 1. The molecule has 0 radical (unpaired) electrons. The lowest BCUT2D eigenvalue weighted by Gasteiger charge is -2.38. The molecule has 0 unspecified atom stereocenters. The van der Waals surface area contributed by atoms with Gasteiger partial charge in [0.1, 0.15) is 5.75 Å². The fourth-order valence-electron chi connectivity index (χ4n) is 1.76. The van der Waals surface area contributed by atoms with Crippen molar-refractivity contribution in [2.75, 3.05) is 32.1 Å². The maximum atomic E-state index is 11.8. The molecule has 0 atom stereocenters. The molecule has 0 aromatic heterocycles. The topological polar surface area (TPSA) is 67.6 Å². The maximum Gasteiger partial charge on any atom is 0.321 e. The summed E-state index contributed by atoms with van der Waals surface area (Å²) in [5, 5.41) is 2.83. The number of carbonyl (C=O) groups is 1. The van der Waals surface area contributed by atoms with Crippen molar-refractivity contribution in [3.63, 3.8) is 0 Å². The Hall–Kier alpha value is -1.75. The van der Waals surface area contributed by atoms with E-state index in [1.54, 1.807) is 12.0 Å². The van der Waals surface area contributed by atoms with Gasteiger partial charge in [-0.05, 0) is 30.8 Å². The van der Waals surface area contributed by atoms with Gasteiger partial charge in [0.05, 0.1) is 7.11 Å². The van der Waals surface area contributed by atoms with Crippen LogP contribution in [0.3, 0.4) is 0 Å². The summed E-state index contributed by atoms with van der Waals surface area (Å²) < 4.78 is 5.05. The van der Waals surface area contributed by atoms with E-state index < -0.39 is 0 Å². The molecule has 0 spiro atoms. The predicted molar refractivity (Wildman–Crippen MR) is 66.1 cm³/mol. The fraction of sp³-hybridized carbons (Fsp3) is 0.417. The van der Waals surface area contributed by atoms with Crippen molar-refractivity contribution in [2.45, 2.75) is 0 Å². The first-order chi connectivity index (χ1) is 8.22. The first kappa shape index (κ1) is 11.7. The SMILES string of the molecule is COc1ccc(NC(=O)N2CC(CN)C2)cc1. The molecule has 92 valence electrons. The number of nitrogens with two attached hydrogens (primary N) is 1. The molecule has 5 heteroatoms. The molecule has 1 aliphatic heterocycles. The van der Waals surface area contributed by atoms with Crippen molar-refractivity contribution in [1.82, 2.24) is 4.90 Å². The third kappa shape index (κ3) is 2.68. The normalized spacial score (nSPS) is 15.3. The number of likely N-dealkylation sites (tertiary alicyclic amines) is 1. The van der Waals surface area contributed by atoms with Crippen LogP contribution in [0, 0.1) is 5.92 Å². The number of urea groups is 1. The van der Waals surface area contributed by atoms with Gasteiger partial charge in [0, 0.05) is 24.7 Å². The monoisotopic (exact) mass is 235 g/mol. The number of anilines is 1. The minimum absolute atomic E-state index is 0.0696. The second kappa shape index (κ2) is 5.05. The third-order valence-corrected chi connectivity index (χ3v) is 2.92. The highest BCUT2D eigenvalue weighted by Crippen LogP contribution is 2.18. The summed E-state index contributed by atoms with van der Waals surface area (Å²) in [5.74, 6) is 1.23. The van der Waals surface area contributed by atoms with Crippen LogP contribution in [0.4, 0.5) is 10.5 Å². The van der Waals surface area contributed by atoms with Crippen LogP contribution in [0.15, 0.2) is 24.3 Å². The first-order valence-electron chi connectivity index (χ1n) is 5.63. The summed E-state index contributed by atoms with van der Waals surface area (Å²) in [4.78, 5) is 13.5. The zero-order valence-electron chi connectivity index (χ0n) is 9.85. The molecule has 0 saturated carbocycles. The van der Waals surface area contributed by atoms with Crippen LogP contribution < -0.4 is 15.8 Å². The molecule has 3 N–H and O–H groups in total. The Kier molecular flexibility index (Phi) is 3.49. The van der Waals surface area contributed by atoms with E-state index in [1.165, 1.54) is 0 Å². The Balaban J connectivity index is 1.86. The van der Waals surface area contributed by atoms with E-state index in [0.29, 0.717) is 12.5 Å². The van der Waals surface area contributed by atoms with Gasteiger partial charge in [-0.1, -0.05) is 0 Å². The van der Waals surface area contributed by atoms with Gasteiger partial charge in [-0.15, -0.1) is 0 Å². The highest BCUT2D eigenvalue weighted by atomic mass is 16.5. The van der Waals surface area contributed by atoms with Crippen LogP contribution in [0.2, 0.25) is 0 Å². The number of methoxy groups -OCH3 is 1. The van der Waals surface area contributed by atoms with E-state index in [0.717, 1.165) is 24.5 Å². The van der Waals surface area contributed by atoms with Crippen molar-refractivity contribution in [1.29, 1.82) is 0 Å². The van der Waals surface area contributed by atoms with Gasteiger partial charge in [0.2, 0.25) is 0 Å². The Morgan fingerprint density at radius 3 is 2.65 bits per heavy atom. The number of carbonyl (C=O) groups excluding carboxylic acids is 1. The molecule has 2 rings (SSSR count). The second-order valence-electron chi connectivity index (χ2n) is 4.17. The molecule has 0 bridgehead atoms. The van der Waals surface area contributed by atoms with Crippen molar-refractivity contribution in [3.05, 3.63) is 24.3 Å². The highest BCUT2D eigenvalue weighted by Gasteiger charge is 2.29. The van der Waals surface area contributed by atoms with Crippen molar-refractivity contribution in [3.8, 4) is 5.75 Å². The van der Waals surface area contributed by atoms with E-state index in [9.17, 15) is 4.79 Å². The van der Waals surface area contributed by atoms with Crippen LogP contribution in [-0.2, 0) is 0 Å². The molecule has 1 aromatic rings. The number of rotatable bonds is 3. The van der Waals surface area contributed by atoms with E-state index in [-0.39, 0.29) is 6.03 Å². The van der Waals surface area contributed by atoms with Gasteiger partial charge in [0.15, 0.2) is 0 Å². The van der Waals surface area contributed by atoms with Crippen LogP contribution in [-0.4, -0.2) is 37.7 Å². The van der Waals surface area contributed by atoms with Crippen LogP contribution in [0.5, 0.6) is 5.75 Å². The molecular weight excluding hydrogens is 218 g/mol. The zero-order valence-corrected chi connectivity index (χ0v) is 9.85. The van der Waals surface area contributed by atoms with Crippen LogP contribution in [0.1, 0.15) is 0 Å². The molecule has 1 heterocycles. The number of benzene rings is 1. The quantitative estimate of drug-likeness (QED) is 0.825. The Bertz CT molecular complexity index is 385. The van der Waals surface area contributed by atoms with Crippen molar-refractivity contribution >= 4 is 11.7 Å². The molecule has 1 fully saturated rings. The molecular formula is C12H17N3O2. The summed E-state index contributed by atoms with van der Waals surface area (Å²) in [6.45, 7) is 2.14. The lowest BCUT2D eigenvalue weighted by atomic mass is 10.0. The number of hydrogen-bond acceptors (Lipinski definition) is 3. The van der Waals surface area contributed by atoms with E-state index in [1.807, 2.05) is 24.3 Å². The molecule has 0 aliphatic carbocycles. The minimum atomic E-state index is -0.0696. The average molecular weight is 235 g/mol. The van der Waals surface area contributed by atoms with E-state index in [4.69, 9.17) is 10.5 Å². The Morgan fingerprint density at radius 1 is 1.47 bits per heavy atom. The van der Waals surface area contributed by atoms with Crippen molar-refractivity contribution < 1.29 is 9.53 Å². The van der Waals surface area contributed by atoms with Gasteiger partial charge in [-0.2, -0.15) is 0 Å². The summed E-state index contributed by atoms with van der Waals surface area (Å²) in [6, 6.07) is 7.19. The largest absolute Gasteiger partial charge is 0.497 e. The minimum Gasteiger partial charge on any atom is -0.497 e. The van der Waals surface area contributed by atoms with Gasteiger partial charge in [-0.3, -0.25) is 0 Å². The fourth-order valence-corrected chi connectivity index (χ4v) is 1.76. The number of amides is 2. The maximum absolute atomic E-state index is 11.8. The predicted octanol–water partition coefficient (Wildman–Crippen LogP) is 1.12. The standard InChI is InChI=1S/C12H17N3O2/c1-17-11-4-2-10(3-5-11)14-12(16)15-7-9(6-13)8-15/h2-5,9H,6-8,13H2,1H3,(H,14,16). The first-order valence-corrected chi connectivity index (χ1v) is 5.63. The molecule has 1 aliphatic rings. The summed E-state index contributed by atoms with van der Waals surface area (Å²) in [7, 11) is 1.61. The van der Waals surface area contributed by atoms with Crippen LogP contribution >= 0.6 is 0 Å². The third-order valence-electron chi connectivity index (χ3n) is 2.92.